The lowest BCUT2D eigenvalue weighted by molar-refractivity contribution is -0.139. The van der Waals surface area contributed by atoms with Crippen LogP contribution < -0.4 is 14.5 Å². The van der Waals surface area contributed by atoms with Crippen LogP contribution in [0.5, 0.6) is 5.75 Å². The zero-order valence-corrected chi connectivity index (χ0v) is 25.5. The van der Waals surface area contributed by atoms with Gasteiger partial charge in [0, 0.05) is 28.3 Å². The topological polar surface area (TPSA) is 84.0 Å². The minimum absolute atomic E-state index is 0.0805. The third kappa shape index (κ3) is 5.08. The molecule has 0 radical (unpaired) electrons. The van der Waals surface area contributed by atoms with Gasteiger partial charge in [-0.3, -0.25) is 19.2 Å². The first-order valence-corrected chi connectivity index (χ1v) is 15.4. The van der Waals surface area contributed by atoms with E-state index in [-0.39, 0.29) is 52.2 Å². The summed E-state index contributed by atoms with van der Waals surface area (Å²) in [6.07, 6.45) is 2.90. The monoisotopic (exact) mass is 658 g/mol. The molecule has 2 aromatic carbocycles. The quantitative estimate of drug-likeness (QED) is 0.177. The number of nitrogens with zero attached hydrogens (tertiary/aromatic N) is 2. The highest BCUT2D eigenvalue weighted by Crippen LogP contribution is 2.45. The largest absolute Gasteiger partial charge is 0.426 e. The molecule has 5 atom stereocenters. The average molecular weight is 660 g/mol. The molecule has 1 aliphatic carbocycles. The fraction of sp³-hybridized carbons (Fsp3) is 0.467. The summed E-state index contributed by atoms with van der Waals surface area (Å²) in [5, 5.41) is 0. The van der Waals surface area contributed by atoms with Gasteiger partial charge in [0.1, 0.15) is 5.75 Å². The number of amides is 3. The number of aryl methyl sites for hydroxylation is 3. The second-order valence-electron chi connectivity index (χ2n) is 10.6. The molecule has 3 amide bonds. The number of hydrogen-bond acceptors (Lipinski definition) is 5. The fourth-order valence-electron chi connectivity index (χ4n) is 6.12. The van der Waals surface area contributed by atoms with Crippen LogP contribution in [0.4, 0.5) is 11.4 Å². The molecule has 5 rings (SSSR count). The Morgan fingerprint density at radius 1 is 0.949 bits per heavy atom. The smallest absolute Gasteiger partial charge is 0.316 e. The van der Waals surface area contributed by atoms with Gasteiger partial charge < -0.3 is 9.64 Å². The van der Waals surface area contributed by atoms with Gasteiger partial charge in [-0.1, -0.05) is 63.9 Å². The van der Waals surface area contributed by atoms with E-state index in [0.29, 0.717) is 29.8 Å². The molecule has 2 saturated heterocycles. The van der Waals surface area contributed by atoms with Crippen molar-refractivity contribution in [2.24, 2.45) is 17.8 Å². The first-order valence-electron chi connectivity index (χ1n) is 13.5. The van der Waals surface area contributed by atoms with E-state index in [2.05, 4.69) is 45.7 Å². The second kappa shape index (κ2) is 11.2. The number of benzene rings is 2. The van der Waals surface area contributed by atoms with E-state index in [1.54, 1.807) is 30.0 Å². The molecule has 0 aromatic heterocycles. The lowest BCUT2D eigenvalue weighted by Gasteiger charge is -2.29. The van der Waals surface area contributed by atoms with Gasteiger partial charge in [0.05, 0.1) is 23.4 Å². The summed E-state index contributed by atoms with van der Waals surface area (Å²) in [7, 11) is 0. The van der Waals surface area contributed by atoms with Crippen molar-refractivity contribution in [1.82, 2.24) is 0 Å². The van der Waals surface area contributed by atoms with Crippen molar-refractivity contribution >= 4 is 66.9 Å². The van der Waals surface area contributed by atoms with Crippen molar-refractivity contribution in [2.75, 3.05) is 16.3 Å². The Morgan fingerprint density at radius 2 is 1.54 bits per heavy atom. The number of halogens is 2. The third-order valence-electron chi connectivity index (χ3n) is 8.23. The van der Waals surface area contributed by atoms with E-state index >= 15 is 0 Å². The standard InChI is InChI=1S/C30H32Br2N2O5/c1-4-17-7-6-8-18(5-2)27(17)33-15-19(12-26(33)35)30(38)39-20-9-10-25(16(3)11-20)34-28(36)21-13-23(31)24(32)14-22(21)29(34)37/h6-11,19,21-24H,4-5,12-15H2,1-3H3/t19-,21-,22-,23+,24+/m1/s1. The highest BCUT2D eigenvalue weighted by molar-refractivity contribution is 9.12. The number of fused-ring (bicyclic) bond motifs is 1. The summed E-state index contributed by atoms with van der Waals surface area (Å²) in [4.78, 5) is 55.8. The number of alkyl halides is 2. The van der Waals surface area contributed by atoms with E-state index in [1.807, 2.05) is 18.2 Å². The molecule has 3 fully saturated rings. The average Bonchev–Trinajstić information content (AvgIpc) is 3.41. The first-order chi connectivity index (χ1) is 18.6. The number of esters is 1. The molecule has 2 heterocycles. The maximum Gasteiger partial charge on any atom is 0.316 e. The zero-order valence-electron chi connectivity index (χ0n) is 22.3. The molecule has 0 unspecified atom stereocenters. The highest BCUT2D eigenvalue weighted by atomic mass is 79.9. The first kappa shape index (κ1) is 28.0. The summed E-state index contributed by atoms with van der Waals surface area (Å²) in [5.41, 5.74) is 4.28. The minimum atomic E-state index is -0.577. The van der Waals surface area contributed by atoms with E-state index in [4.69, 9.17) is 4.74 Å². The van der Waals surface area contributed by atoms with Crippen LogP contribution in [-0.2, 0) is 32.0 Å². The van der Waals surface area contributed by atoms with E-state index in [0.717, 1.165) is 29.7 Å². The summed E-state index contributed by atoms with van der Waals surface area (Å²) < 4.78 is 5.70. The van der Waals surface area contributed by atoms with Crippen molar-refractivity contribution in [2.45, 2.75) is 62.5 Å². The molecule has 0 spiro atoms. The molecule has 0 N–H and O–H groups in total. The van der Waals surface area contributed by atoms with Gasteiger partial charge in [0.15, 0.2) is 0 Å². The zero-order chi connectivity index (χ0) is 28.0. The Balaban J connectivity index is 1.30. The van der Waals surface area contributed by atoms with Crippen molar-refractivity contribution in [3.8, 4) is 5.75 Å². The SMILES string of the molecule is CCc1cccc(CC)c1N1C[C@H](C(=O)Oc2ccc(N3C(=O)[C@@H]4C[C@H](Br)[C@@H](Br)C[C@H]4C3=O)c(C)c2)CC1=O. The molecule has 9 heteroatoms. The van der Waals surface area contributed by atoms with Crippen LogP contribution in [0.25, 0.3) is 0 Å². The lowest BCUT2D eigenvalue weighted by Crippen LogP contribution is -2.34. The molecule has 39 heavy (non-hydrogen) atoms. The van der Waals surface area contributed by atoms with Gasteiger partial charge in [-0.05, 0) is 67.5 Å². The summed E-state index contributed by atoms with van der Waals surface area (Å²) in [6.45, 7) is 6.20. The Labute approximate surface area is 245 Å². The summed E-state index contributed by atoms with van der Waals surface area (Å²) in [5.74, 6) is -1.81. The Bertz CT molecular complexity index is 1290. The number of anilines is 2. The molecule has 2 aromatic rings. The number of hydrogen-bond donors (Lipinski definition) is 0. The van der Waals surface area contributed by atoms with Gasteiger partial charge in [-0.15, -0.1) is 0 Å². The van der Waals surface area contributed by atoms with Crippen LogP contribution in [0, 0.1) is 24.7 Å². The van der Waals surface area contributed by atoms with Gasteiger partial charge in [-0.25, -0.2) is 4.90 Å². The maximum atomic E-state index is 13.2. The Hall–Kier alpha value is -2.52. The van der Waals surface area contributed by atoms with Crippen molar-refractivity contribution < 1.29 is 23.9 Å². The van der Waals surface area contributed by atoms with Crippen molar-refractivity contribution in [3.63, 3.8) is 0 Å². The molecular formula is C30H32Br2N2O5. The fourth-order valence-corrected chi connectivity index (χ4v) is 7.35. The molecule has 0 bridgehead atoms. The van der Waals surface area contributed by atoms with E-state index in [1.165, 1.54) is 4.90 Å². The van der Waals surface area contributed by atoms with Crippen LogP contribution in [0.15, 0.2) is 36.4 Å². The number of rotatable bonds is 6. The van der Waals surface area contributed by atoms with Crippen LogP contribution in [-0.4, -0.2) is 39.9 Å². The molecule has 2 aliphatic heterocycles. The number of imide groups is 1. The molecule has 1 saturated carbocycles. The van der Waals surface area contributed by atoms with Gasteiger partial charge in [0.25, 0.3) is 0 Å². The van der Waals surface area contributed by atoms with Crippen molar-refractivity contribution in [1.29, 1.82) is 0 Å². The summed E-state index contributed by atoms with van der Waals surface area (Å²) in [6, 6.07) is 11.0. The number of carbonyl (C=O) groups is 4. The molecule has 3 aliphatic rings. The maximum absolute atomic E-state index is 13.2. The minimum Gasteiger partial charge on any atom is -0.426 e. The van der Waals surface area contributed by atoms with Crippen LogP contribution in [0.1, 0.15) is 49.8 Å². The van der Waals surface area contributed by atoms with Crippen LogP contribution in [0.3, 0.4) is 0 Å². The van der Waals surface area contributed by atoms with Crippen LogP contribution in [0.2, 0.25) is 0 Å². The van der Waals surface area contributed by atoms with Gasteiger partial charge in [0.2, 0.25) is 17.7 Å². The van der Waals surface area contributed by atoms with E-state index in [9.17, 15) is 19.2 Å². The molecular weight excluding hydrogens is 628 g/mol. The number of para-hydroxylation sites is 1. The predicted octanol–water partition coefficient (Wildman–Crippen LogP) is 5.50. The highest BCUT2D eigenvalue weighted by Gasteiger charge is 2.52. The molecule has 7 nitrogen and oxygen atoms in total. The Kier molecular flexibility index (Phi) is 8.02. The Morgan fingerprint density at radius 3 is 2.08 bits per heavy atom. The number of carbonyl (C=O) groups excluding carboxylic acids is 4. The number of ether oxygens (including phenoxy) is 1. The normalized spacial score (nSPS) is 26.8. The lowest BCUT2D eigenvalue weighted by atomic mass is 9.81. The van der Waals surface area contributed by atoms with Gasteiger partial charge >= 0.3 is 5.97 Å². The van der Waals surface area contributed by atoms with Gasteiger partial charge in [-0.2, -0.15) is 0 Å². The summed E-state index contributed by atoms with van der Waals surface area (Å²) >= 11 is 7.24. The third-order valence-corrected chi connectivity index (χ3v) is 11.0. The van der Waals surface area contributed by atoms with E-state index < -0.39 is 11.9 Å². The molecule has 206 valence electrons. The predicted molar refractivity (Wildman–Crippen MR) is 157 cm³/mol. The second-order valence-corrected chi connectivity index (χ2v) is 13.0. The van der Waals surface area contributed by atoms with Crippen LogP contribution >= 0.6 is 31.9 Å². The van der Waals surface area contributed by atoms with Crippen molar-refractivity contribution in [3.05, 3.63) is 53.1 Å².